The lowest BCUT2D eigenvalue weighted by molar-refractivity contribution is 0.0325. The summed E-state index contributed by atoms with van der Waals surface area (Å²) in [5.74, 6) is 0. The Labute approximate surface area is 82.2 Å². The molecule has 0 unspecified atom stereocenters. The molecule has 0 aromatic carbocycles. The van der Waals surface area contributed by atoms with E-state index in [1.54, 1.807) is 0 Å². The first kappa shape index (κ1) is 12.4. The van der Waals surface area contributed by atoms with Gasteiger partial charge in [-0.1, -0.05) is 15.9 Å². The highest BCUT2D eigenvalue weighted by Gasteiger charge is 1.89. The van der Waals surface area contributed by atoms with Gasteiger partial charge in [-0.3, -0.25) is 0 Å². The van der Waals surface area contributed by atoms with Gasteiger partial charge in [0, 0.05) is 11.9 Å². The maximum Gasteiger partial charge on any atom is 0.0701 e. The molecule has 0 aliphatic carbocycles. The Morgan fingerprint density at radius 3 is 2.17 bits per heavy atom. The highest BCUT2D eigenvalue weighted by molar-refractivity contribution is 9.09. The summed E-state index contributed by atoms with van der Waals surface area (Å²) in [6.45, 7) is 2.50. The largest absolute Gasteiger partial charge is 0.394 e. The Morgan fingerprint density at radius 2 is 1.58 bits per heavy atom. The molecule has 0 aliphatic heterocycles. The van der Waals surface area contributed by atoms with Crippen LogP contribution >= 0.6 is 15.9 Å². The predicted molar refractivity (Wildman–Crippen MR) is 51.8 cm³/mol. The molecule has 0 radical (unpaired) electrons. The van der Waals surface area contributed by atoms with Crippen LogP contribution in [0, 0.1) is 0 Å². The second-order valence-electron chi connectivity index (χ2n) is 2.34. The summed E-state index contributed by atoms with van der Waals surface area (Å²) >= 11 is 3.34. The average Bonchev–Trinajstić information content (AvgIpc) is 2.10. The molecule has 74 valence electrons. The highest BCUT2D eigenvalue weighted by atomic mass is 79.9. The summed E-state index contributed by atoms with van der Waals surface area (Å²) in [4.78, 5) is 0. The molecule has 1 N–H and O–H groups in total. The molecule has 0 aromatic heterocycles. The van der Waals surface area contributed by atoms with Gasteiger partial charge in [-0.05, 0) is 12.8 Å². The smallest absolute Gasteiger partial charge is 0.0701 e. The summed E-state index contributed by atoms with van der Waals surface area (Å²) in [5, 5.41) is 9.41. The lowest BCUT2D eigenvalue weighted by Gasteiger charge is -2.03. The van der Waals surface area contributed by atoms with E-state index in [1.165, 1.54) is 0 Å². The van der Waals surface area contributed by atoms with E-state index < -0.39 is 0 Å². The lowest BCUT2D eigenvalue weighted by atomic mass is 10.4. The number of hydrogen-bond acceptors (Lipinski definition) is 3. The summed E-state index contributed by atoms with van der Waals surface area (Å²) in [6.07, 6.45) is 2.24. The van der Waals surface area contributed by atoms with E-state index in [9.17, 15) is 0 Å². The van der Waals surface area contributed by atoms with Crippen LogP contribution in [0.25, 0.3) is 0 Å². The number of unbranched alkanes of at least 4 members (excludes halogenated alkanes) is 1. The third kappa shape index (κ3) is 10.4. The van der Waals surface area contributed by atoms with Crippen molar-refractivity contribution in [1.82, 2.24) is 0 Å². The third-order valence-corrected chi connectivity index (χ3v) is 1.84. The summed E-state index contributed by atoms with van der Waals surface area (Å²) < 4.78 is 10.3. The Hall–Kier alpha value is 0.360. The monoisotopic (exact) mass is 240 g/mol. The van der Waals surface area contributed by atoms with Gasteiger partial charge in [-0.15, -0.1) is 0 Å². The van der Waals surface area contributed by atoms with Gasteiger partial charge in [0.05, 0.1) is 26.4 Å². The number of halogens is 1. The van der Waals surface area contributed by atoms with Crippen LogP contribution in [-0.4, -0.2) is 43.5 Å². The zero-order valence-corrected chi connectivity index (χ0v) is 8.88. The summed E-state index contributed by atoms with van der Waals surface area (Å²) in [5.41, 5.74) is 0. The number of ether oxygens (including phenoxy) is 2. The van der Waals surface area contributed by atoms with E-state index >= 15 is 0 Å². The number of aliphatic hydroxyl groups is 1. The van der Waals surface area contributed by atoms with E-state index in [0.717, 1.165) is 24.8 Å². The van der Waals surface area contributed by atoms with E-state index in [-0.39, 0.29) is 6.61 Å². The van der Waals surface area contributed by atoms with Crippen molar-refractivity contribution in [3.63, 3.8) is 0 Å². The van der Waals surface area contributed by atoms with Crippen molar-refractivity contribution in [2.24, 2.45) is 0 Å². The van der Waals surface area contributed by atoms with Crippen molar-refractivity contribution < 1.29 is 14.6 Å². The molecule has 0 fully saturated rings. The molecule has 0 saturated carbocycles. The van der Waals surface area contributed by atoms with Gasteiger partial charge in [0.25, 0.3) is 0 Å². The molecule has 0 amide bonds. The van der Waals surface area contributed by atoms with E-state index in [0.29, 0.717) is 19.8 Å². The van der Waals surface area contributed by atoms with Gasteiger partial charge >= 0.3 is 0 Å². The van der Waals surface area contributed by atoms with E-state index in [4.69, 9.17) is 14.6 Å². The first-order chi connectivity index (χ1) is 5.91. The van der Waals surface area contributed by atoms with Crippen LogP contribution in [0.5, 0.6) is 0 Å². The third-order valence-electron chi connectivity index (χ3n) is 1.28. The number of rotatable bonds is 9. The number of alkyl halides is 1. The Kier molecular flexibility index (Phi) is 11.7. The molecule has 0 aliphatic rings. The molecule has 4 heteroatoms. The first-order valence-corrected chi connectivity index (χ1v) is 5.36. The quantitative estimate of drug-likeness (QED) is 0.486. The minimum atomic E-state index is 0.0869. The maximum atomic E-state index is 8.37. The minimum absolute atomic E-state index is 0.0869. The van der Waals surface area contributed by atoms with Gasteiger partial charge in [-0.2, -0.15) is 0 Å². The van der Waals surface area contributed by atoms with Crippen LogP contribution in [0.2, 0.25) is 0 Å². The number of hydrogen-bond donors (Lipinski definition) is 1. The van der Waals surface area contributed by atoms with Crippen LogP contribution < -0.4 is 0 Å². The van der Waals surface area contributed by atoms with Gasteiger partial charge < -0.3 is 14.6 Å². The van der Waals surface area contributed by atoms with Crippen molar-refractivity contribution in [2.45, 2.75) is 12.8 Å². The molecule has 0 rings (SSSR count). The van der Waals surface area contributed by atoms with E-state index in [2.05, 4.69) is 15.9 Å². The van der Waals surface area contributed by atoms with Crippen LogP contribution in [0.15, 0.2) is 0 Å². The van der Waals surface area contributed by atoms with Crippen molar-refractivity contribution in [3.05, 3.63) is 0 Å². The molecule has 0 aromatic rings. The average molecular weight is 241 g/mol. The van der Waals surface area contributed by atoms with Gasteiger partial charge in [0.1, 0.15) is 0 Å². The maximum absolute atomic E-state index is 8.37. The van der Waals surface area contributed by atoms with Crippen LogP contribution in [-0.2, 0) is 9.47 Å². The van der Waals surface area contributed by atoms with Gasteiger partial charge in [0.2, 0.25) is 0 Å². The molecular formula is C8H17BrO3. The standard InChI is InChI=1S/C8H17BrO3/c9-3-1-2-5-11-7-8-12-6-4-10/h10H,1-8H2. The summed E-state index contributed by atoms with van der Waals surface area (Å²) in [7, 11) is 0. The zero-order valence-electron chi connectivity index (χ0n) is 7.30. The second kappa shape index (κ2) is 11.4. The molecule has 0 atom stereocenters. The summed E-state index contributed by atoms with van der Waals surface area (Å²) in [6, 6.07) is 0. The van der Waals surface area contributed by atoms with Gasteiger partial charge in [-0.25, -0.2) is 0 Å². The van der Waals surface area contributed by atoms with E-state index in [1.807, 2.05) is 0 Å². The van der Waals surface area contributed by atoms with Crippen molar-refractivity contribution in [2.75, 3.05) is 38.4 Å². The van der Waals surface area contributed by atoms with Crippen molar-refractivity contribution in [3.8, 4) is 0 Å². The lowest BCUT2D eigenvalue weighted by Crippen LogP contribution is -2.07. The fraction of sp³-hybridized carbons (Fsp3) is 1.00. The number of aliphatic hydroxyl groups excluding tert-OH is 1. The Morgan fingerprint density at radius 1 is 0.917 bits per heavy atom. The molecule has 0 spiro atoms. The topological polar surface area (TPSA) is 38.7 Å². The zero-order chi connectivity index (χ0) is 9.07. The molecule has 12 heavy (non-hydrogen) atoms. The van der Waals surface area contributed by atoms with Crippen molar-refractivity contribution in [1.29, 1.82) is 0 Å². The minimum Gasteiger partial charge on any atom is -0.394 e. The molecule has 0 heterocycles. The predicted octanol–water partition coefficient (Wildman–Crippen LogP) is 1.19. The molecule has 0 saturated heterocycles. The van der Waals surface area contributed by atoms with Crippen LogP contribution in [0.4, 0.5) is 0 Å². The fourth-order valence-electron chi connectivity index (χ4n) is 0.685. The normalized spacial score (nSPS) is 10.5. The van der Waals surface area contributed by atoms with Crippen LogP contribution in [0.3, 0.4) is 0 Å². The first-order valence-electron chi connectivity index (χ1n) is 4.24. The Balaban J connectivity index is 2.73. The van der Waals surface area contributed by atoms with Crippen LogP contribution in [0.1, 0.15) is 12.8 Å². The molecule has 0 bridgehead atoms. The van der Waals surface area contributed by atoms with Crippen molar-refractivity contribution >= 4 is 15.9 Å². The second-order valence-corrected chi connectivity index (χ2v) is 3.14. The highest BCUT2D eigenvalue weighted by Crippen LogP contribution is 1.93. The molecular weight excluding hydrogens is 224 g/mol. The SMILES string of the molecule is OCCOCCOCCCCBr. The Bertz CT molecular complexity index is 70.7. The fourth-order valence-corrected chi connectivity index (χ4v) is 1.08. The molecule has 3 nitrogen and oxygen atoms in total. The van der Waals surface area contributed by atoms with Gasteiger partial charge in [0.15, 0.2) is 0 Å².